The number of hydrogen-bond acceptors (Lipinski definition) is 5. The minimum atomic E-state index is -0.899. The average molecular weight is 406 g/mol. The Bertz CT molecular complexity index is 808. The summed E-state index contributed by atoms with van der Waals surface area (Å²) in [4.78, 5) is 23.8. The lowest BCUT2D eigenvalue weighted by Gasteiger charge is -2.10. The molecule has 0 aliphatic rings. The van der Waals surface area contributed by atoms with Gasteiger partial charge in [0.25, 0.3) is 0 Å². The Morgan fingerprint density at radius 2 is 1.88 bits per heavy atom. The molecule has 0 bridgehead atoms. The van der Waals surface area contributed by atoms with Crippen molar-refractivity contribution >= 4 is 39.6 Å². The topological polar surface area (TPSA) is 89.0 Å². The van der Waals surface area contributed by atoms with Crippen molar-refractivity contribution in [1.29, 1.82) is 0 Å². The van der Waals surface area contributed by atoms with Crippen LogP contribution in [0.15, 0.2) is 52.0 Å². The minimum Gasteiger partial charge on any atom is -0.497 e. The molecule has 0 unspecified atom stereocenters. The molecule has 0 aliphatic carbocycles. The molecule has 130 valence electrons. The van der Waals surface area contributed by atoms with Gasteiger partial charge < -0.3 is 14.8 Å². The Morgan fingerprint density at radius 3 is 2.56 bits per heavy atom. The van der Waals surface area contributed by atoms with Crippen LogP contribution in [0.2, 0.25) is 0 Å². The summed E-state index contributed by atoms with van der Waals surface area (Å²) in [5.41, 5.74) is 3.29. The first-order valence-electron chi connectivity index (χ1n) is 7.15. The molecule has 2 amide bonds. The highest BCUT2D eigenvalue weighted by molar-refractivity contribution is 9.10. The smallest absolute Gasteiger partial charge is 0.329 e. The molecule has 2 aromatic rings. The van der Waals surface area contributed by atoms with Gasteiger partial charge in [0.2, 0.25) is 0 Å². The van der Waals surface area contributed by atoms with Gasteiger partial charge in [-0.25, -0.2) is 5.43 Å². The summed E-state index contributed by atoms with van der Waals surface area (Å²) in [5.74, 6) is -0.824. The largest absolute Gasteiger partial charge is 0.497 e. The number of amides is 2. The van der Waals surface area contributed by atoms with Crippen molar-refractivity contribution in [2.45, 2.75) is 0 Å². The normalized spacial score (nSPS) is 10.4. The van der Waals surface area contributed by atoms with Crippen LogP contribution in [0.4, 0.5) is 5.69 Å². The number of rotatable bonds is 5. The molecule has 0 atom stereocenters. The highest BCUT2D eigenvalue weighted by atomic mass is 79.9. The molecule has 2 aromatic carbocycles. The Balaban J connectivity index is 1.97. The van der Waals surface area contributed by atoms with Gasteiger partial charge >= 0.3 is 11.8 Å². The second-order valence-electron chi connectivity index (χ2n) is 4.77. The average Bonchev–Trinajstić information content (AvgIpc) is 2.62. The third-order valence-corrected chi connectivity index (χ3v) is 3.58. The molecule has 0 fully saturated rings. The van der Waals surface area contributed by atoms with Crippen LogP contribution >= 0.6 is 15.9 Å². The van der Waals surface area contributed by atoms with Crippen LogP contribution in [-0.4, -0.2) is 32.2 Å². The van der Waals surface area contributed by atoms with E-state index in [-0.39, 0.29) is 0 Å². The number of benzene rings is 2. The van der Waals surface area contributed by atoms with Gasteiger partial charge in [-0.2, -0.15) is 5.10 Å². The van der Waals surface area contributed by atoms with E-state index in [4.69, 9.17) is 9.47 Å². The van der Waals surface area contributed by atoms with Crippen LogP contribution in [0.5, 0.6) is 11.5 Å². The number of hydrazone groups is 1. The van der Waals surface area contributed by atoms with Crippen molar-refractivity contribution in [2.75, 3.05) is 19.5 Å². The van der Waals surface area contributed by atoms with Gasteiger partial charge in [-0.3, -0.25) is 9.59 Å². The zero-order chi connectivity index (χ0) is 18.2. The molecular weight excluding hydrogens is 390 g/mol. The Kier molecular flexibility index (Phi) is 6.53. The van der Waals surface area contributed by atoms with Crippen LogP contribution in [0, 0.1) is 0 Å². The number of methoxy groups -OCH3 is 2. The molecule has 0 spiro atoms. The summed E-state index contributed by atoms with van der Waals surface area (Å²) in [6, 6.07) is 12.1. The first-order valence-corrected chi connectivity index (χ1v) is 7.94. The highest BCUT2D eigenvalue weighted by Crippen LogP contribution is 2.28. The fourth-order valence-corrected chi connectivity index (χ4v) is 2.30. The summed E-state index contributed by atoms with van der Waals surface area (Å²) in [6.45, 7) is 0. The van der Waals surface area contributed by atoms with Gasteiger partial charge in [0.1, 0.15) is 11.5 Å². The lowest BCUT2D eigenvalue weighted by atomic mass is 10.2. The van der Waals surface area contributed by atoms with E-state index in [1.165, 1.54) is 20.4 Å². The highest BCUT2D eigenvalue weighted by Gasteiger charge is 2.15. The molecular formula is C17H16BrN3O4. The van der Waals surface area contributed by atoms with Crippen molar-refractivity contribution in [1.82, 2.24) is 5.43 Å². The zero-order valence-corrected chi connectivity index (χ0v) is 15.2. The van der Waals surface area contributed by atoms with E-state index in [1.54, 1.807) is 18.2 Å². The second kappa shape index (κ2) is 8.84. The maximum atomic E-state index is 11.9. The third kappa shape index (κ3) is 5.32. The van der Waals surface area contributed by atoms with Gasteiger partial charge in [-0.05, 0) is 29.8 Å². The van der Waals surface area contributed by atoms with Gasteiger partial charge in [-0.15, -0.1) is 0 Å². The monoisotopic (exact) mass is 405 g/mol. The molecule has 8 heteroatoms. The molecule has 0 saturated heterocycles. The van der Waals surface area contributed by atoms with E-state index in [0.717, 1.165) is 10.0 Å². The Hall–Kier alpha value is -2.87. The van der Waals surface area contributed by atoms with Crippen LogP contribution < -0.4 is 20.2 Å². The third-order valence-electron chi connectivity index (χ3n) is 3.09. The van der Waals surface area contributed by atoms with Gasteiger partial charge in [0, 0.05) is 10.5 Å². The van der Waals surface area contributed by atoms with Gasteiger partial charge in [-0.1, -0.05) is 28.1 Å². The van der Waals surface area contributed by atoms with Crippen LogP contribution in [0.25, 0.3) is 0 Å². The zero-order valence-electron chi connectivity index (χ0n) is 13.6. The summed E-state index contributed by atoms with van der Waals surface area (Å²) in [7, 11) is 2.97. The number of anilines is 1. The molecule has 0 heterocycles. The fourth-order valence-electron chi connectivity index (χ4n) is 1.88. The number of halogens is 1. The first-order chi connectivity index (χ1) is 12.0. The van der Waals surface area contributed by atoms with Gasteiger partial charge in [0.05, 0.1) is 26.1 Å². The standard InChI is InChI=1S/C17H16BrN3O4/c1-24-13-6-7-14(15(9-13)25-2)20-16(22)17(23)21-19-10-11-4-3-5-12(18)8-11/h3-10H,1-2H3,(H,20,22)(H,21,23). The SMILES string of the molecule is COc1ccc(NC(=O)C(=O)NN=Cc2cccc(Br)c2)c(OC)c1. The summed E-state index contributed by atoms with van der Waals surface area (Å²) in [6.07, 6.45) is 1.43. The number of nitrogens with zero attached hydrogens (tertiary/aromatic N) is 1. The summed E-state index contributed by atoms with van der Waals surface area (Å²) < 4.78 is 11.1. The second-order valence-corrected chi connectivity index (χ2v) is 5.69. The first kappa shape index (κ1) is 18.5. The molecule has 2 N–H and O–H groups in total. The number of carbonyl (C=O) groups excluding carboxylic acids is 2. The number of carbonyl (C=O) groups is 2. The predicted molar refractivity (Wildman–Crippen MR) is 98.1 cm³/mol. The Labute approximate surface area is 153 Å². The Morgan fingerprint density at radius 1 is 1.08 bits per heavy atom. The number of ether oxygens (including phenoxy) is 2. The van der Waals surface area contributed by atoms with Gasteiger partial charge in [0.15, 0.2) is 0 Å². The lowest BCUT2D eigenvalue weighted by molar-refractivity contribution is -0.136. The molecule has 0 saturated carbocycles. The van der Waals surface area contributed by atoms with E-state index >= 15 is 0 Å². The quantitative estimate of drug-likeness (QED) is 0.454. The van der Waals surface area contributed by atoms with E-state index < -0.39 is 11.8 Å². The van der Waals surface area contributed by atoms with E-state index in [9.17, 15) is 9.59 Å². The van der Waals surface area contributed by atoms with Crippen molar-refractivity contribution in [3.8, 4) is 11.5 Å². The molecule has 25 heavy (non-hydrogen) atoms. The molecule has 2 rings (SSSR count). The van der Waals surface area contributed by atoms with Crippen LogP contribution in [-0.2, 0) is 9.59 Å². The number of hydrogen-bond donors (Lipinski definition) is 2. The van der Waals surface area contributed by atoms with Crippen molar-refractivity contribution < 1.29 is 19.1 Å². The predicted octanol–water partition coefficient (Wildman–Crippen LogP) is 2.56. The molecule has 0 aromatic heterocycles. The summed E-state index contributed by atoms with van der Waals surface area (Å²) >= 11 is 3.33. The van der Waals surface area contributed by atoms with Crippen molar-refractivity contribution in [3.05, 3.63) is 52.5 Å². The van der Waals surface area contributed by atoms with E-state index in [2.05, 4.69) is 31.8 Å². The van der Waals surface area contributed by atoms with Crippen molar-refractivity contribution in [3.63, 3.8) is 0 Å². The summed E-state index contributed by atoms with van der Waals surface area (Å²) in [5, 5.41) is 6.22. The number of nitrogens with one attached hydrogen (secondary N) is 2. The minimum absolute atomic E-state index is 0.347. The van der Waals surface area contributed by atoms with E-state index in [1.807, 2.05) is 24.3 Å². The van der Waals surface area contributed by atoms with Crippen LogP contribution in [0.3, 0.4) is 0 Å². The molecule has 7 nitrogen and oxygen atoms in total. The fraction of sp³-hybridized carbons (Fsp3) is 0.118. The van der Waals surface area contributed by atoms with Crippen LogP contribution in [0.1, 0.15) is 5.56 Å². The maximum absolute atomic E-state index is 11.9. The lowest BCUT2D eigenvalue weighted by Crippen LogP contribution is -2.32. The maximum Gasteiger partial charge on any atom is 0.329 e. The van der Waals surface area contributed by atoms with Crippen molar-refractivity contribution in [2.24, 2.45) is 5.10 Å². The molecule has 0 aliphatic heterocycles. The molecule has 0 radical (unpaired) electrons. The van der Waals surface area contributed by atoms with E-state index in [0.29, 0.717) is 17.2 Å².